The largest absolute Gasteiger partial charge is 0.383 e. The molecule has 0 aromatic carbocycles. The van der Waals surface area contributed by atoms with Crippen LogP contribution in [-0.2, 0) is 4.74 Å². The molecule has 1 atom stereocenters. The van der Waals surface area contributed by atoms with Crippen LogP contribution in [0.15, 0.2) is 16.6 Å². The molecule has 1 aliphatic carbocycles. The van der Waals surface area contributed by atoms with Gasteiger partial charge in [-0.05, 0) is 32.6 Å². The van der Waals surface area contributed by atoms with Crippen LogP contribution >= 0.6 is 0 Å². The minimum atomic E-state index is 0.208. The Bertz CT molecular complexity index is 261. The summed E-state index contributed by atoms with van der Waals surface area (Å²) < 4.78 is 5.01. The van der Waals surface area contributed by atoms with Crippen molar-refractivity contribution in [3.8, 4) is 0 Å². The second kappa shape index (κ2) is 7.28. The fourth-order valence-electron chi connectivity index (χ4n) is 1.87. The van der Waals surface area contributed by atoms with Crippen molar-refractivity contribution in [3.05, 3.63) is 11.6 Å². The van der Waals surface area contributed by atoms with Crippen molar-refractivity contribution in [2.45, 2.75) is 38.6 Å². The highest BCUT2D eigenvalue weighted by Crippen LogP contribution is 2.20. The molecule has 0 heterocycles. The topological polar surface area (TPSA) is 59.6 Å². The molecule has 92 valence electrons. The molecule has 0 aromatic heterocycles. The zero-order valence-electron chi connectivity index (χ0n) is 10.3. The number of hydrogen-bond donors (Lipinski definition) is 2. The van der Waals surface area contributed by atoms with Crippen LogP contribution in [0.25, 0.3) is 0 Å². The summed E-state index contributed by atoms with van der Waals surface area (Å²) in [5.41, 5.74) is 7.28. The minimum absolute atomic E-state index is 0.208. The molecule has 0 aromatic rings. The minimum Gasteiger partial charge on any atom is -0.383 e. The Morgan fingerprint density at radius 1 is 1.69 bits per heavy atom. The van der Waals surface area contributed by atoms with Gasteiger partial charge in [-0.1, -0.05) is 11.6 Å². The molecule has 0 amide bonds. The number of allylic oxidation sites excluding steroid dienone is 1. The van der Waals surface area contributed by atoms with Gasteiger partial charge in [-0.3, -0.25) is 4.99 Å². The Labute approximate surface area is 98.0 Å². The SMILES string of the molecule is COCC(C)NC(N)=NCCC1=CCCC1. The van der Waals surface area contributed by atoms with Crippen molar-refractivity contribution in [3.63, 3.8) is 0 Å². The van der Waals surface area contributed by atoms with E-state index in [9.17, 15) is 0 Å². The summed E-state index contributed by atoms with van der Waals surface area (Å²) in [4.78, 5) is 4.30. The zero-order valence-corrected chi connectivity index (χ0v) is 10.3. The fourth-order valence-corrected chi connectivity index (χ4v) is 1.87. The molecule has 0 spiro atoms. The van der Waals surface area contributed by atoms with Gasteiger partial charge < -0.3 is 15.8 Å². The van der Waals surface area contributed by atoms with E-state index in [1.807, 2.05) is 6.92 Å². The van der Waals surface area contributed by atoms with Gasteiger partial charge in [0.2, 0.25) is 0 Å². The number of hydrogen-bond acceptors (Lipinski definition) is 2. The van der Waals surface area contributed by atoms with E-state index in [1.54, 1.807) is 7.11 Å². The standard InChI is InChI=1S/C12H23N3O/c1-10(9-16-2)15-12(13)14-8-7-11-5-3-4-6-11/h5,10H,3-4,6-9H2,1-2H3,(H3,13,14,15). The smallest absolute Gasteiger partial charge is 0.188 e. The molecule has 0 saturated carbocycles. The lowest BCUT2D eigenvalue weighted by Crippen LogP contribution is -2.40. The molecular weight excluding hydrogens is 202 g/mol. The highest BCUT2D eigenvalue weighted by atomic mass is 16.5. The maximum atomic E-state index is 5.75. The first kappa shape index (κ1) is 13.0. The lowest BCUT2D eigenvalue weighted by Gasteiger charge is -2.13. The number of guanidine groups is 1. The first-order valence-electron chi connectivity index (χ1n) is 5.95. The third kappa shape index (κ3) is 5.16. The van der Waals surface area contributed by atoms with Crippen molar-refractivity contribution in [2.24, 2.45) is 10.7 Å². The van der Waals surface area contributed by atoms with E-state index in [-0.39, 0.29) is 6.04 Å². The average Bonchev–Trinajstić information content (AvgIpc) is 2.70. The summed E-state index contributed by atoms with van der Waals surface area (Å²) in [5, 5.41) is 3.09. The number of rotatable bonds is 6. The van der Waals surface area contributed by atoms with Gasteiger partial charge in [0.25, 0.3) is 0 Å². The molecule has 3 N–H and O–H groups in total. The maximum absolute atomic E-state index is 5.75. The van der Waals surface area contributed by atoms with Gasteiger partial charge in [0.1, 0.15) is 0 Å². The Morgan fingerprint density at radius 3 is 3.12 bits per heavy atom. The van der Waals surface area contributed by atoms with E-state index in [0.29, 0.717) is 12.6 Å². The predicted molar refractivity (Wildman–Crippen MR) is 67.5 cm³/mol. The first-order chi connectivity index (χ1) is 7.72. The lowest BCUT2D eigenvalue weighted by atomic mass is 10.2. The van der Waals surface area contributed by atoms with Gasteiger partial charge in [-0.2, -0.15) is 0 Å². The summed E-state index contributed by atoms with van der Waals surface area (Å²) in [6.45, 7) is 3.44. The average molecular weight is 225 g/mol. The number of ether oxygens (including phenoxy) is 1. The Hall–Kier alpha value is -1.03. The molecule has 0 saturated heterocycles. The highest BCUT2D eigenvalue weighted by molar-refractivity contribution is 5.78. The third-order valence-corrected chi connectivity index (χ3v) is 2.66. The van der Waals surface area contributed by atoms with Crippen molar-refractivity contribution < 1.29 is 4.74 Å². The summed E-state index contributed by atoms with van der Waals surface area (Å²) in [6.07, 6.45) is 7.14. The second-order valence-corrected chi connectivity index (χ2v) is 4.27. The number of aliphatic imine (C=N–C) groups is 1. The molecular formula is C12H23N3O. The van der Waals surface area contributed by atoms with E-state index < -0.39 is 0 Å². The maximum Gasteiger partial charge on any atom is 0.188 e. The van der Waals surface area contributed by atoms with Crippen LogP contribution in [0.4, 0.5) is 0 Å². The molecule has 0 radical (unpaired) electrons. The summed E-state index contributed by atoms with van der Waals surface area (Å²) in [7, 11) is 1.68. The number of nitrogens with one attached hydrogen (secondary N) is 1. The molecule has 16 heavy (non-hydrogen) atoms. The molecule has 0 bridgehead atoms. The monoisotopic (exact) mass is 225 g/mol. The summed E-state index contributed by atoms with van der Waals surface area (Å²) in [6, 6.07) is 0.208. The van der Waals surface area contributed by atoms with E-state index in [4.69, 9.17) is 10.5 Å². The van der Waals surface area contributed by atoms with Gasteiger partial charge in [-0.15, -0.1) is 0 Å². The Balaban J connectivity index is 2.17. The third-order valence-electron chi connectivity index (χ3n) is 2.66. The predicted octanol–water partition coefficient (Wildman–Crippen LogP) is 1.43. The van der Waals surface area contributed by atoms with Crippen LogP contribution in [0.3, 0.4) is 0 Å². The van der Waals surface area contributed by atoms with Gasteiger partial charge in [0, 0.05) is 19.7 Å². The Kier molecular flexibility index (Phi) is 5.93. The van der Waals surface area contributed by atoms with Gasteiger partial charge >= 0.3 is 0 Å². The van der Waals surface area contributed by atoms with E-state index in [0.717, 1.165) is 13.0 Å². The van der Waals surface area contributed by atoms with Crippen molar-refractivity contribution in [2.75, 3.05) is 20.3 Å². The second-order valence-electron chi connectivity index (χ2n) is 4.27. The first-order valence-corrected chi connectivity index (χ1v) is 5.95. The van der Waals surface area contributed by atoms with E-state index in [1.165, 1.54) is 24.8 Å². The number of nitrogens with two attached hydrogens (primary N) is 1. The molecule has 0 fully saturated rings. The van der Waals surface area contributed by atoms with Crippen molar-refractivity contribution in [1.29, 1.82) is 0 Å². The number of methoxy groups -OCH3 is 1. The highest BCUT2D eigenvalue weighted by Gasteiger charge is 2.04. The van der Waals surface area contributed by atoms with Crippen LogP contribution in [0.5, 0.6) is 0 Å². The van der Waals surface area contributed by atoms with Crippen LogP contribution in [0.2, 0.25) is 0 Å². The zero-order chi connectivity index (χ0) is 11.8. The fraction of sp³-hybridized carbons (Fsp3) is 0.750. The van der Waals surface area contributed by atoms with Gasteiger partial charge in [-0.25, -0.2) is 0 Å². The van der Waals surface area contributed by atoms with Crippen LogP contribution in [0, 0.1) is 0 Å². The van der Waals surface area contributed by atoms with E-state index >= 15 is 0 Å². The summed E-state index contributed by atoms with van der Waals surface area (Å²) >= 11 is 0. The van der Waals surface area contributed by atoms with Crippen molar-refractivity contribution >= 4 is 5.96 Å². The van der Waals surface area contributed by atoms with Crippen molar-refractivity contribution in [1.82, 2.24) is 5.32 Å². The molecule has 1 aliphatic rings. The number of nitrogens with zero attached hydrogens (tertiary/aromatic N) is 1. The van der Waals surface area contributed by atoms with Crippen LogP contribution in [0.1, 0.15) is 32.6 Å². The molecule has 1 rings (SSSR count). The Morgan fingerprint density at radius 2 is 2.50 bits per heavy atom. The summed E-state index contributed by atoms with van der Waals surface area (Å²) in [5.74, 6) is 0.517. The van der Waals surface area contributed by atoms with Gasteiger partial charge in [0.05, 0.1) is 6.61 Å². The molecule has 4 heteroatoms. The van der Waals surface area contributed by atoms with E-state index in [2.05, 4.69) is 16.4 Å². The molecule has 1 unspecified atom stereocenters. The lowest BCUT2D eigenvalue weighted by molar-refractivity contribution is 0.179. The normalized spacial score (nSPS) is 18.4. The quantitative estimate of drug-likeness (QED) is 0.408. The molecule has 0 aliphatic heterocycles. The van der Waals surface area contributed by atoms with Crippen LogP contribution in [-0.4, -0.2) is 32.3 Å². The van der Waals surface area contributed by atoms with Gasteiger partial charge in [0.15, 0.2) is 5.96 Å². The molecule has 4 nitrogen and oxygen atoms in total. The van der Waals surface area contributed by atoms with Crippen LogP contribution < -0.4 is 11.1 Å².